The first-order valence-electron chi connectivity index (χ1n) is 8.19. The quantitative estimate of drug-likeness (QED) is 0.544. The van der Waals surface area contributed by atoms with Gasteiger partial charge in [0.05, 0.1) is 0 Å². The second-order valence-corrected chi connectivity index (χ2v) is 6.09. The van der Waals surface area contributed by atoms with Crippen molar-refractivity contribution in [3.05, 3.63) is 35.9 Å². The normalized spacial score (nSPS) is 11.7. The number of ether oxygens (including phenoxy) is 1. The number of hydrogen-bond donors (Lipinski definition) is 1. The number of carboxylic acid groups (broad SMARTS) is 1. The van der Waals surface area contributed by atoms with Crippen molar-refractivity contribution in [1.29, 1.82) is 0 Å². The van der Waals surface area contributed by atoms with Crippen molar-refractivity contribution in [3.8, 4) is 0 Å². The van der Waals surface area contributed by atoms with Crippen molar-refractivity contribution in [2.45, 2.75) is 52.6 Å². The molecule has 6 heteroatoms. The van der Waals surface area contributed by atoms with Crippen molar-refractivity contribution < 1.29 is 29.0 Å². The summed E-state index contributed by atoms with van der Waals surface area (Å²) >= 11 is 0. The second kappa shape index (κ2) is 8.05. The zero-order valence-electron chi connectivity index (χ0n) is 15.0. The average Bonchev–Trinajstić information content (AvgIpc) is 2.56. The predicted molar refractivity (Wildman–Crippen MR) is 91.0 cm³/mol. The van der Waals surface area contributed by atoms with E-state index in [0.29, 0.717) is 5.56 Å². The lowest BCUT2D eigenvalue weighted by Crippen LogP contribution is -2.54. The third kappa shape index (κ3) is 3.95. The van der Waals surface area contributed by atoms with Gasteiger partial charge >= 0.3 is 11.9 Å². The first kappa shape index (κ1) is 20.5. The van der Waals surface area contributed by atoms with Gasteiger partial charge in [-0.2, -0.15) is 0 Å². The largest absolute Gasteiger partial charge is 0.480 e. The van der Waals surface area contributed by atoms with Gasteiger partial charge in [0.1, 0.15) is 0 Å². The Kier molecular flexibility index (Phi) is 6.62. The van der Waals surface area contributed by atoms with Crippen LogP contribution in [0.25, 0.3) is 0 Å². The number of ketones is 2. The summed E-state index contributed by atoms with van der Waals surface area (Å²) in [5.74, 6) is -3.66. The highest BCUT2D eigenvalue weighted by atomic mass is 16.6. The molecule has 0 aromatic heterocycles. The van der Waals surface area contributed by atoms with Gasteiger partial charge in [-0.1, -0.05) is 44.2 Å². The molecule has 6 nitrogen and oxygen atoms in total. The van der Waals surface area contributed by atoms with Crippen LogP contribution in [0.3, 0.4) is 0 Å². The van der Waals surface area contributed by atoms with Crippen molar-refractivity contribution in [3.63, 3.8) is 0 Å². The monoisotopic (exact) mass is 348 g/mol. The van der Waals surface area contributed by atoms with Crippen LogP contribution in [0.15, 0.2) is 30.3 Å². The van der Waals surface area contributed by atoms with Crippen LogP contribution in [0.5, 0.6) is 0 Å². The van der Waals surface area contributed by atoms with Crippen molar-refractivity contribution in [1.82, 2.24) is 0 Å². The Morgan fingerprint density at radius 2 is 1.44 bits per heavy atom. The lowest BCUT2D eigenvalue weighted by Gasteiger charge is -2.33. The van der Waals surface area contributed by atoms with Crippen LogP contribution in [0.2, 0.25) is 0 Å². The molecular formula is C19H24O6. The lowest BCUT2D eigenvalue weighted by atomic mass is 9.81. The summed E-state index contributed by atoms with van der Waals surface area (Å²) < 4.78 is 5.35. The SMILES string of the molecule is CCC(CC)(C(=O)O)C(=O)OC(Cc1ccccc1)(C(C)=O)C(C)=O. The molecule has 0 heterocycles. The summed E-state index contributed by atoms with van der Waals surface area (Å²) in [7, 11) is 0. The Balaban J connectivity index is 3.34. The molecule has 0 saturated heterocycles. The van der Waals surface area contributed by atoms with Crippen LogP contribution in [-0.4, -0.2) is 34.2 Å². The molecule has 25 heavy (non-hydrogen) atoms. The van der Waals surface area contributed by atoms with Gasteiger partial charge < -0.3 is 9.84 Å². The maximum absolute atomic E-state index is 12.7. The van der Waals surface area contributed by atoms with Gasteiger partial charge in [0, 0.05) is 6.42 Å². The van der Waals surface area contributed by atoms with Crippen LogP contribution >= 0.6 is 0 Å². The number of carbonyl (C=O) groups is 4. The molecular weight excluding hydrogens is 324 g/mol. The molecule has 136 valence electrons. The molecule has 1 rings (SSSR count). The minimum atomic E-state index is -2.02. The van der Waals surface area contributed by atoms with Gasteiger partial charge in [-0.15, -0.1) is 0 Å². The smallest absolute Gasteiger partial charge is 0.324 e. The molecule has 0 atom stereocenters. The fourth-order valence-corrected chi connectivity index (χ4v) is 2.74. The van der Waals surface area contributed by atoms with E-state index in [-0.39, 0.29) is 19.3 Å². The minimum absolute atomic E-state index is 0.00507. The summed E-state index contributed by atoms with van der Waals surface area (Å²) in [5, 5.41) is 9.49. The molecule has 0 radical (unpaired) electrons. The zero-order chi connectivity index (χ0) is 19.3. The number of rotatable bonds is 9. The van der Waals surface area contributed by atoms with E-state index in [1.807, 2.05) is 0 Å². The van der Waals surface area contributed by atoms with Gasteiger partial charge in [0.2, 0.25) is 5.60 Å². The zero-order valence-corrected chi connectivity index (χ0v) is 15.0. The number of aliphatic carboxylic acids is 1. The fourth-order valence-electron chi connectivity index (χ4n) is 2.74. The third-order valence-electron chi connectivity index (χ3n) is 4.71. The van der Waals surface area contributed by atoms with Crippen LogP contribution in [0.1, 0.15) is 46.1 Å². The topological polar surface area (TPSA) is 97.7 Å². The van der Waals surface area contributed by atoms with Crippen molar-refractivity contribution in [2.24, 2.45) is 5.41 Å². The lowest BCUT2D eigenvalue weighted by molar-refractivity contribution is -0.186. The van der Waals surface area contributed by atoms with E-state index < -0.39 is 34.5 Å². The maximum atomic E-state index is 12.7. The Hall–Kier alpha value is -2.50. The number of benzene rings is 1. The summed E-state index contributed by atoms with van der Waals surface area (Å²) in [6.07, 6.45) is -0.142. The third-order valence-corrected chi connectivity index (χ3v) is 4.71. The number of Topliss-reactive ketones (excluding diaryl/α,β-unsaturated/α-hetero) is 2. The number of carboxylic acids is 1. The summed E-state index contributed by atoms with van der Waals surface area (Å²) in [6.45, 7) is 5.44. The van der Waals surface area contributed by atoms with Gasteiger partial charge in [-0.3, -0.25) is 19.2 Å². The molecule has 0 aliphatic carbocycles. The van der Waals surface area contributed by atoms with E-state index in [2.05, 4.69) is 0 Å². The maximum Gasteiger partial charge on any atom is 0.324 e. The standard InChI is InChI=1S/C19H24O6/c1-5-18(6-2,16(22)23)17(24)25-19(13(3)20,14(4)21)12-15-10-8-7-9-11-15/h7-11H,5-6,12H2,1-4H3,(H,22,23). The highest BCUT2D eigenvalue weighted by molar-refractivity contribution is 6.11. The number of esters is 1. The molecule has 0 aliphatic rings. The average molecular weight is 348 g/mol. The molecule has 1 aromatic rings. The molecule has 0 amide bonds. The molecule has 1 aromatic carbocycles. The minimum Gasteiger partial charge on any atom is -0.480 e. The van der Waals surface area contributed by atoms with Crippen LogP contribution in [0, 0.1) is 5.41 Å². The highest BCUT2D eigenvalue weighted by Gasteiger charge is 2.52. The van der Waals surface area contributed by atoms with Crippen LogP contribution in [-0.2, 0) is 30.3 Å². The van der Waals surface area contributed by atoms with Gasteiger partial charge in [0.25, 0.3) is 0 Å². The second-order valence-electron chi connectivity index (χ2n) is 6.09. The Labute approximate surface area is 147 Å². The summed E-state index contributed by atoms with van der Waals surface area (Å²) in [6, 6.07) is 8.67. The van der Waals surface area contributed by atoms with E-state index >= 15 is 0 Å². The first-order chi connectivity index (χ1) is 11.7. The van der Waals surface area contributed by atoms with Gasteiger partial charge in [-0.05, 0) is 32.3 Å². The van der Waals surface area contributed by atoms with Gasteiger partial charge in [-0.25, -0.2) is 0 Å². The van der Waals surface area contributed by atoms with Crippen molar-refractivity contribution in [2.75, 3.05) is 0 Å². The molecule has 1 N–H and O–H groups in total. The highest BCUT2D eigenvalue weighted by Crippen LogP contribution is 2.32. The first-order valence-corrected chi connectivity index (χ1v) is 8.19. The molecule has 0 bridgehead atoms. The summed E-state index contributed by atoms with van der Waals surface area (Å²) in [5.41, 5.74) is -3.18. The predicted octanol–water partition coefficient (Wildman–Crippen LogP) is 2.58. The molecule has 0 fully saturated rings. The number of hydrogen-bond acceptors (Lipinski definition) is 5. The van der Waals surface area contributed by atoms with E-state index in [9.17, 15) is 24.3 Å². The Morgan fingerprint density at radius 3 is 1.80 bits per heavy atom. The fraction of sp³-hybridized carbons (Fsp3) is 0.474. The molecule has 0 unspecified atom stereocenters. The van der Waals surface area contributed by atoms with E-state index in [1.54, 1.807) is 44.2 Å². The Bertz CT molecular complexity index is 644. The van der Waals surface area contributed by atoms with Crippen molar-refractivity contribution >= 4 is 23.5 Å². The molecule has 0 aliphatic heterocycles. The van der Waals surface area contributed by atoms with E-state index in [0.717, 1.165) is 13.8 Å². The summed E-state index contributed by atoms with van der Waals surface area (Å²) in [4.78, 5) is 48.9. The van der Waals surface area contributed by atoms with Gasteiger partial charge in [0.15, 0.2) is 17.0 Å². The van der Waals surface area contributed by atoms with E-state index in [1.165, 1.54) is 0 Å². The Morgan fingerprint density at radius 1 is 0.960 bits per heavy atom. The van der Waals surface area contributed by atoms with E-state index in [4.69, 9.17) is 4.74 Å². The van der Waals surface area contributed by atoms with Crippen LogP contribution < -0.4 is 0 Å². The van der Waals surface area contributed by atoms with Crippen LogP contribution in [0.4, 0.5) is 0 Å². The number of carbonyl (C=O) groups excluding carboxylic acids is 3. The molecule has 0 saturated carbocycles. The molecule has 0 spiro atoms.